The highest BCUT2D eigenvalue weighted by atomic mass is 19.1. The smallest absolute Gasteiger partial charge is 0.223 e. The number of para-hydroxylation sites is 1. The maximum absolute atomic E-state index is 14.0. The molecule has 0 bridgehead atoms. The molecule has 1 atom stereocenters. The van der Waals surface area contributed by atoms with E-state index in [1.54, 1.807) is 12.1 Å². The van der Waals surface area contributed by atoms with E-state index in [4.69, 9.17) is 9.47 Å². The molecular weight excluding hydrogens is 359 g/mol. The third-order valence-electron chi connectivity index (χ3n) is 5.44. The molecule has 2 aliphatic heterocycles. The van der Waals surface area contributed by atoms with Crippen molar-refractivity contribution in [3.8, 4) is 11.5 Å². The monoisotopic (exact) mass is 384 g/mol. The minimum absolute atomic E-state index is 0.0907. The van der Waals surface area contributed by atoms with Crippen LogP contribution in [0.3, 0.4) is 0 Å². The number of rotatable bonds is 4. The van der Waals surface area contributed by atoms with E-state index in [0.717, 1.165) is 17.1 Å². The molecular formula is C22H25FN2O3. The Morgan fingerprint density at radius 1 is 1.04 bits per heavy atom. The minimum Gasteiger partial charge on any atom is -0.486 e. The Balaban J connectivity index is 1.34. The first-order chi connectivity index (χ1) is 13.6. The summed E-state index contributed by atoms with van der Waals surface area (Å²) in [6, 6.07) is 12.7. The second-order valence-corrected chi connectivity index (χ2v) is 7.33. The lowest BCUT2D eigenvalue weighted by atomic mass is 9.96. The highest BCUT2D eigenvalue weighted by Gasteiger charge is 2.24. The Labute approximate surface area is 164 Å². The number of carbonyl (C=O) groups is 1. The van der Waals surface area contributed by atoms with E-state index in [1.165, 1.54) is 6.07 Å². The molecule has 28 heavy (non-hydrogen) atoms. The van der Waals surface area contributed by atoms with Gasteiger partial charge in [0.15, 0.2) is 11.5 Å². The third-order valence-corrected chi connectivity index (χ3v) is 5.44. The molecule has 2 aromatic carbocycles. The van der Waals surface area contributed by atoms with E-state index >= 15 is 0 Å². The fourth-order valence-corrected chi connectivity index (χ4v) is 3.78. The summed E-state index contributed by atoms with van der Waals surface area (Å²) in [5, 5.41) is 0. The van der Waals surface area contributed by atoms with E-state index in [2.05, 4.69) is 6.92 Å². The van der Waals surface area contributed by atoms with Crippen LogP contribution in [0.15, 0.2) is 42.5 Å². The maximum atomic E-state index is 14.0. The number of nitrogens with zero attached hydrogens (tertiary/aromatic N) is 2. The maximum Gasteiger partial charge on any atom is 0.223 e. The number of carbonyl (C=O) groups excluding carboxylic acids is 1. The summed E-state index contributed by atoms with van der Waals surface area (Å²) in [5.74, 6) is 1.53. The molecule has 0 aliphatic carbocycles. The number of anilines is 1. The average molecular weight is 384 g/mol. The van der Waals surface area contributed by atoms with Gasteiger partial charge in [-0.05, 0) is 35.7 Å². The van der Waals surface area contributed by atoms with Crippen molar-refractivity contribution in [1.82, 2.24) is 4.90 Å². The van der Waals surface area contributed by atoms with Crippen molar-refractivity contribution in [3.63, 3.8) is 0 Å². The van der Waals surface area contributed by atoms with Crippen molar-refractivity contribution in [2.75, 3.05) is 44.3 Å². The topological polar surface area (TPSA) is 42.0 Å². The van der Waals surface area contributed by atoms with E-state index in [0.29, 0.717) is 51.5 Å². The predicted octanol–water partition coefficient (Wildman–Crippen LogP) is 3.44. The first-order valence-corrected chi connectivity index (χ1v) is 9.78. The van der Waals surface area contributed by atoms with E-state index < -0.39 is 0 Å². The second-order valence-electron chi connectivity index (χ2n) is 7.33. The number of piperazine rings is 1. The van der Waals surface area contributed by atoms with Crippen LogP contribution in [0, 0.1) is 5.82 Å². The van der Waals surface area contributed by atoms with Gasteiger partial charge in [0.1, 0.15) is 19.0 Å². The van der Waals surface area contributed by atoms with Crippen molar-refractivity contribution in [3.05, 3.63) is 53.8 Å². The molecule has 4 rings (SSSR count). The van der Waals surface area contributed by atoms with E-state index in [9.17, 15) is 9.18 Å². The van der Waals surface area contributed by atoms with Crippen LogP contribution in [-0.4, -0.2) is 50.2 Å². The number of fused-ring (bicyclic) bond motifs is 1. The van der Waals surface area contributed by atoms with Gasteiger partial charge in [-0.15, -0.1) is 0 Å². The zero-order valence-corrected chi connectivity index (χ0v) is 16.1. The largest absolute Gasteiger partial charge is 0.486 e. The molecule has 1 unspecified atom stereocenters. The lowest BCUT2D eigenvalue weighted by Gasteiger charge is -2.36. The van der Waals surface area contributed by atoms with Gasteiger partial charge in [0.2, 0.25) is 5.91 Å². The molecule has 0 N–H and O–H groups in total. The Hall–Kier alpha value is -2.76. The fourth-order valence-electron chi connectivity index (χ4n) is 3.78. The number of halogens is 1. The lowest BCUT2D eigenvalue weighted by Crippen LogP contribution is -2.49. The molecule has 0 aromatic heterocycles. The first-order valence-electron chi connectivity index (χ1n) is 9.78. The van der Waals surface area contributed by atoms with Gasteiger partial charge >= 0.3 is 0 Å². The fraction of sp³-hybridized carbons (Fsp3) is 0.409. The summed E-state index contributed by atoms with van der Waals surface area (Å²) in [6.45, 7) is 5.69. The molecule has 1 saturated heterocycles. The molecule has 5 nitrogen and oxygen atoms in total. The van der Waals surface area contributed by atoms with Gasteiger partial charge in [-0.25, -0.2) is 4.39 Å². The molecule has 6 heteroatoms. The van der Waals surface area contributed by atoms with Crippen molar-refractivity contribution in [1.29, 1.82) is 0 Å². The zero-order valence-electron chi connectivity index (χ0n) is 16.1. The number of hydrogen-bond acceptors (Lipinski definition) is 4. The van der Waals surface area contributed by atoms with Gasteiger partial charge in [-0.3, -0.25) is 4.79 Å². The molecule has 0 spiro atoms. The van der Waals surface area contributed by atoms with Crippen LogP contribution in [0.2, 0.25) is 0 Å². The summed E-state index contributed by atoms with van der Waals surface area (Å²) < 4.78 is 25.2. The van der Waals surface area contributed by atoms with Crippen LogP contribution in [-0.2, 0) is 4.79 Å². The van der Waals surface area contributed by atoms with Gasteiger partial charge in [0.05, 0.1) is 5.69 Å². The Morgan fingerprint density at radius 3 is 2.50 bits per heavy atom. The molecule has 1 fully saturated rings. The van der Waals surface area contributed by atoms with Crippen LogP contribution in [0.4, 0.5) is 10.1 Å². The van der Waals surface area contributed by atoms with Gasteiger partial charge in [0, 0.05) is 32.6 Å². The van der Waals surface area contributed by atoms with Crippen LogP contribution in [0.1, 0.15) is 24.8 Å². The summed E-state index contributed by atoms with van der Waals surface area (Å²) >= 11 is 0. The van der Waals surface area contributed by atoms with Crippen LogP contribution in [0.5, 0.6) is 11.5 Å². The van der Waals surface area contributed by atoms with Crippen molar-refractivity contribution in [2.45, 2.75) is 19.3 Å². The van der Waals surface area contributed by atoms with Crippen LogP contribution in [0.25, 0.3) is 0 Å². The number of benzene rings is 2. The SMILES string of the molecule is CC(CC(=O)N1CCN(c2ccccc2F)CC1)c1ccc2c(c1)OCCO2. The predicted molar refractivity (Wildman–Crippen MR) is 106 cm³/mol. The zero-order chi connectivity index (χ0) is 19.5. The molecule has 1 amide bonds. The van der Waals surface area contributed by atoms with E-state index in [-0.39, 0.29) is 17.6 Å². The van der Waals surface area contributed by atoms with Crippen molar-refractivity contribution < 1.29 is 18.7 Å². The second kappa shape index (κ2) is 8.09. The van der Waals surface area contributed by atoms with Crippen LogP contribution < -0.4 is 14.4 Å². The van der Waals surface area contributed by atoms with Gasteiger partial charge in [-0.2, -0.15) is 0 Å². The molecule has 148 valence electrons. The molecule has 2 aromatic rings. The van der Waals surface area contributed by atoms with Gasteiger partial charge < -0.3 is 19.3 Å². The Bertz CT molecular complexity index is 849. The van der Waals surface area contributed by atoms with Crippen molar-refractivity contribution in [2.24, 2.45) is 0 Å². The minimum atomic E-state index is -0.213. The first kappa shape index (κ1) is 18.6. The third kappa shape index (κ3) is 3.91. The Kier molecular flexibility index (Phi) is 5.37. The average Bonchev–Trinajstić information content (AvgIpc) is 2.74. The molecule has 0 radical (unpaired) electrons. The summed E-state index contributed by atoms with van der Waals surface area (Å²) in [7, 11) is 0. The molecule has 2 aliphatic rings. The number of ether oxygens (including phenoxy) is 2. The normalized spacial score (nSPS) is 17.4. The standard InChI is InChI=1S/C22H25FN2O3/c1-16(17-6-7-20-21(15-17)28-13-12-27-20)14-22(26)25-10-8-24(9-11-25)19-5-3-2-4-18(19)23/h2-7,15-16H,8-14H2,1H3. The number of amides is 1. The molecule has 0 saturated carbocycles. The van der Waals surface area contributed by atoms with Crippen LogP contribution >= 0.6 is 0 Å². The van der Waals surface area contributed by atoms with E-state index in [1.807, 2.05) is 34.1 Å². The lowest BCUT2D eigenvalue weighted by molar-refractivity contribution is -0.131. The van der Waals surface area contributed by atoms with Gasteiger partial charge in [0.25, 0.3) is 0 Å². The highest BCUT2D eigenvalue weighted by Crippen LogP contribution is 2.34. The summed E-state index contributed by atoms with van der Waals surface area (Å²) in [6.07, 6.45) is 0.444. The van der Waals surface area contributed by atoms with Gasteiger partial charge in [-0.1, -0.05) is 25.1 Å². The van der Waals surface area contributed by atoms with Crippen molar-refractivity contribution >= 4 is 11.6 Å². The summed E-state index contributed by atoms with van der Waals surface area (Å²) in [5.41, 5.74) is 1.68. The highest BCUT2D eigenvalue weighted by molar-refractivity contribution is 5.77. The molecule has 2 heterocycles. The Morgan fingerprint density at radius 2 is 1.75 bits per heavy atom. The summed E-state index contributed by atoms with van der Waals surface area (Å²) in [4.78, 5) is 16.6. The number of hydrogen-bond donors (Lipinski definition) is 0. The quantitative estimate of drug-likeness (QED) is 0.810.